The highest BCUT2D eigenvalue weighted by Gasteiger charge is 2.14. The lowest BCUT2D eigenvalue weighted by Gasteiger charge is -2.15. The van der Waals surface area contributed by atoms with Crippen molar-refractivity contribution in [3.05, 3.63) is 24.0 Å². The quantitative estimate of drug-likeness (QED) is 0.624. The first-order valence-corrected chi connectivity index (χ1v) is 8.26. The number of anilines is 3. The molecule has 142 valence electrons. The van der Waals surface area contributed by atoms with Gasteiger partial charge in [-0.05, 0) is 13.3 Å². The van der Waals surface area contributed by atoms with Gasteiger partial charge in [0.1, 0.15) is 17.5 Å². The van der Waals surface area contributed by atoms with E-state index < -0.39 is 0 Å². The normalized spacial score (nSPS) is 10.3. The van der Waals surface area contributed by atoms with Crippen molar-refractivity contribution in [2.24, 2.45) is 0 Å². The van der Waals surface area contributed by atoms with Gasteiger partial charge in [-0.25, -0.2) is 9.97 Å². The van der Waals surface area contributed by atoms with Crippen LogP contribution >= 0.6 is 0 Å². The predicted octanol–water partition coefficient (Wildman–Crippen LogP) is 3.00. The van der Waals surface area contributed by atoms with Crippen molar-refractivity contribution in [3.8, 4) is 17.2 Å². The summed E-state index contributed by atoms with van der Waals surface area (Å²) < 4.78 is 21.1. The molecule has 0 spiro atoms. The van der Waals surface area contributed by atoms with E-state index in [1.54, 1.807) is 28.4 Å². The average molecular weight is 362 g/mol. The summed E-state index contributed by atoms with van der Waals surface area (Å²) in [5.41, 5.74) is 0.767. The molecule has 1 aromatic carbocycles. The summed E-state index contributed by atoms with van der Waals surface area (Å²) in [5.74, 6) is 3.76. The minimum Gasteiger partial charge on any atom is -0.493 e. The molecule has 0 aliphatic rings. The van der Waals surface area contributed by atoms with Crippen LogP contribution in [0.3, 0.4) is 0 Å². The lowest BCUT2D eigenvalue weighted by Crippen LogP contribution is -2.08. The first kappa shape index (κ1) is 19.6. The summed E-state index contributed by atoms with van der Waals surface area (Å²) in [4.78, 5) is 8.82. The number of benzene rings is 1. The second-order valence-electron chi connectivity index (χ2n) is 5.50. The molecule has 0 atom stereocenters. The Morgan fingerprint density at radius 3 is 2.12 bits per heavy atom. The van der Waals surface area contributed by atoms with E-state index in [4.69, 9.17) is 18.9 Å². The second kappa shape index (κ2) is 9.67. The molecule has 2 rings (SSSR count). The molecule has 0 radical (unpaired) electrons. The van der Waals surface area contributed by atoms with Gasteiger partial charge in [0.15, 0.2) is 11.5 Å². The predicted molar refractivity (Wildman–Crippen MR) is 101 cm³/mol. The van der Waals surface area contributed by atoms with Gasteiger partial charge < -0.3 is 29.6 Å². The third-order valence-corrected chi connectivity index (χ3v) is 3.61. The highest BCUT2D eigenvalue weighted by Crippen LogP contribution is 2.40. The first-order chi connectivity index (χ1) is 12.6. The number of rotatable bonds is 10. The van der Waals surface area contributed by atoms with Gasteiger partial charge in [0.25, 0.3) is 0 Å². The van der Waals surface area contributed by atoms with Crippen LogP contribution in [0.1, 0.15) is 12.2 Å². The average Bonchev–Trinajstić information content (AvgIpc) is 2.64. The van der Waals surface area contributed by atoms with Crippen LogP contribution in [0.15, 0.2) is 18.2 Å². The van der Waals surface area contributed by atoms with E-state index in [1.807, 2.05) is 25.1 Å². The van der Waals surface area contributed by atoms with Crippen LogP contribution in [-0.4, -0.2) is 51.6 Å². The Labute approximate surface area is 153 Å². The van der Waals surface area contributed by atoms with Crippen LogP contribution in [0.5, 0.6) is 17.2 Å². The molecule has 8 heteroatoms. The Balaban J connectivity index is 2.21. The molecule has 0 amide bonds. The molecule has 0 saturated heterocycles. The Bertz CT molecular complexity index is 699. The fourth-order valence-electron chi connectivity index (χ4n) is 2.46. The lowest BCUT2D eigenvalue weighted by atomic mass is 10.2. The Kier molecular flexibility index (Phi) is 7.28. The van der Waals surface area contributed by atoms with Crippen molar-refractivity contribution in [2.45, 2.75) is 13.3 Å². The van der Waals surface area contributed by atoms with Gasteiger partial charge in [-0.3, -0.25) is 0 Å². The zero-order chi connectivity index (χ0) is 18.9. The Morgan fingerprint density at radius 2 is 1.54 bits per heavy atom. The number of aryl methyl sites for hydroxylation is 1. The molecular weight excluding hydrogens is 336 g/mol. The number of ether oxygens (including phenoxy) is 4. The maximum atomic E-state index is 5.38. The number of hydrogen-bond acceptors (Lipinski definition) is 8. The summed E-state index contributed by atoms with van der Waals surface area (Å²) in [7, 11) is 6.42. The number of methoxy groups -OCH3 is 4. The molecule has 2 aromatic rings. The third-order valence-electron chi connectivity index (χ3n) is 3.61. The Hall–Kier alpha value is -2.74. The molecule has 0 fully saturated rings. The maximum Gasteiger partial charge on any atom is 0.203 e. The molecule has 2 N–H and O–H groups in total. The third kappa shape index (κ3) is 5.13. The van der Waals surface area contributed by atoms with E-state index in [0.29, 0.717) is 35.5 Å². The van der Waals surface area contributed by atoms with Crippen molar-refractivity contribution in [2.75, 3.05) is 52.2 Å². The minimum absolute atomic E-state index is 0.542. The molecule has 8 nitrogen and oxygen atoms in total. The zero-order valence-corrected chi connectivity index (χ0v) is 15.9. The molecule has 26 heavy (non-hydrogen) atoms. The maximum absolute atomic E-state index is 5.38. The summed E-state index contributed by atoms with van der Waals surface area (Å²) in [6.07, 6.45) is 0.898. The van der Waals surface area contributed by atoms with Crippen LogP contribution in [0.25, 0.3) is 0 Å². The fraction of sp³-hybridized carbons (Fsp3) is 0.444. The van der Waals surface area contributed by atoms with E-state index in [0.717, 1.165) is 24.5 Å². The number of nitrogens with one attached hydrogen (secondary N) is 2. The van der Waals surface area contributed by atoms with Crippen molar-refractivity contribution in [1.82, 2.24) is 9.97 Å². The standard InChI is InChI=1S/C18H26N4O4/c1-12-20-16(19-7-6-8-23-2)11-17(21-12)22-13-9-14(24-3)18(26-5)15(10-13)25-4/h9-11H,6-8H2,1-5H3,(H2,19,20,21,22). The first-order valence-electron chi connectivity index (χ1n) is 8.26. The van der Waals surface area contributed by atoms with E-state index in [-0.39, 0.29) is 0 Å². The number of hydrogen-bond donors (Lipinski definition) is 2. The zero-order valence-electron chi connectivity index (χ0n) is 15.9. The molecule has 1 aromatic heterocycles. The minimum atomic E-state index is 0.542. The monoisotopic (exact) mass is 362 g/mol. The van der Waals surface area contributed by atoms with Crippen molar-refractivity contribution in [1.29, 1.82) is 0 Å². The van der Waals surface area contributed by atoms with Gasteiger partial charge in [0.05, 0.1) is 21.3 Å². The van der Waals surface area contributed by atoms with E-state index in [2.05, 4.69) is 20.6 Å². The van der Waals surface area contributed by atoms with Crippen LogP contribution in [0.2, 0.25) is 0 Å². The van der Waals surface area contributed by atoms with Crippen molar-refractivity contribution >= 4 is 17.3 Å². The van der Waals surface area contributed by atoms with Gasteiger partial charge in [-0.1, -0.05) is 0 Å². The van der Waals surface area contributed by atoms with Crippen LogP contribution in [-0.2, 0) is 4.74 Å². The molecule has 1 heterocycles. The number of nitrogens with zero attached hydrogens (tertiary/aromatic N) is 2. The van der Waals surface area contributed by atoms with E-state index in [1.165, 1.54) is 0 Å². The van der Waals surface area contributed by atoms with Crippen LogP contribution < -0.4 is 24.8 Å². The summed E-state index contributed by atoms with van der Waals surface area (Å²) in [6.45, 7) is 3.32. The van der Waals surface area contributed by atoms with Crippen molar-refractivity contribution < 1.29 is 18.9 Å². The van der Waals surface area contributed by atoms with Gasteiger partial charge in [-0.15, -0.1) is 0 Å². The van der Waals surface area contributed by atoms with Gasteiger partial charge in [-0.2, -0.15) is 0 Å². The smallest absolute Gasteiger partial charge is 0.203 e. The lowest BCUT2D eigenvalue weighted by molar-refractivity contribution is 0.198. The number of aromatic nitrogens is 2. The summed E-state index contributed by atoms with van der Waals surface area (Å²) >= 11 is 0. The molecular formula is C18H26N4O4. The SMILES string of the molecule is COCCCNc1cc(Nc2cc(OC)c(OC)c(OC)c2)nc(C)n1. The van der Waals surface area contributed by atoms with E-state index >= 15 is 0 Å². The molecule has 0 aliphatic heterocycles. The molecule has 0 aliphatic carbocycles. The topological polar surface area (TPSA) is 86.8 Å². The highest BCUT2D eigenvalue weighted by atomic mass is 16.5. The molecule has 0 bridgehead atoms. The van der Waals surface area contributed by atoms with E-state index in [9.17, 15) is 0 Å². The van der Waals surface area contributed by atoms with Crippen molar-refractivity contribution in [3.63, 3.8) is 0 Å². The largest absolute Gasteiger partial charge is 0.493 e. The highest BCUT2D eigenvalue weighted by molar-refractivity contribution is 5.67. The van der Waals surface area contributed by atoms with Gasteiger partial charge >= 0.3 is 0 Å². The van der Waals surface area contributed by atoms with Crippen LogP contribution in [0, 0.1) is 6.92 Å². The second-order valence-corrected chi connectivity index (χ2v) is 5.50. The van der Waals surface area contributed by atoms with Crippen LogP contribution in [0.4, 0.5) is 17.3 Å². The summed E-state index contributed by atoms with van der Waals surface area (Å²) in [5, 5.41) is 6.53. The van der Waals surface area contributed by atoms with Gasteiger partial charge in [0.2, 0.25) is 5.75 Å². The fourth-order valence-corrected chi connectivity index (χ4v) is 2.46. The summed E-state index contributed by atoms with van der Waals surface area (Å²) in [6, 6.07) is 5.50. The van der Waals surface area contributed by atoms with Gasteiger partial charge in [0, 0.05) is 44.1 Å². The molecule has 0 unspecified atom stereocenters. The molecule has 0 saturated carbocycles. The Morgan fingerprint density at radius 1 is 0.885 bits per heavy atom.